The smallest absolute Gasteiger partial charge is 0.294 e. The van der Waals surface area contributed by atoms with Crippen LogP contribution in [0.25, 0.3) is 22.0 Å². The Labute approximate surface area is 200 Å². The number of carbonyl (C=O) groups is 1. The quantitative estimate of drug-likeness (QED) is 0.249. The molecular weight excluding hydrogens is 454 g/mol. The highest BCUT2D eigenvalue weighted by atomic mass is 35.5. The number of hydrogen-bond donors (Lipinski definition) is 1. The summed E-state index contributed by atoms with van der Waals surface area (Å²) >= 11 is 7.65. The minimum absolute atomic E-state index is 0.300. The Morgan fingerprint density at radius 1 is 1.06 bits per heavy atom. The van der Waals surface area contributed by atoms with Crippen molar-refractivity contribution in [3.8, 4) is 0 Å². The predicted molar refractivity (Wildman–Crippen MR) is 135 cm³/mol. The summed E-state index contributed by atoms with van der Waals surface area (Å²) in [6, 6.07) is 23.3. The first-order valence-corrected chi connectivity index (χ1v) is 12.2. The van der Waals surface area contributed by atoms with Crippen LogP contribution in [-0.4, -0.2) is 15.5 Å². The van der Waals surface area contributed by atoms with Crippen LogP contribution < -0.4 is 5.32 Å². The number of hydrogen-bond acceptors (Lipinski definition) is 4. The van der Waals surface area contributed by atoms with Gasteiger partial charge in [0.15, 0.2) is 5.76 Å². The van der Waals surface area contributed by atoms with Gasteiger partial charge in [0.2, 0.25) is 5.95 Å². The van der Waals surface area contributed by atoms with E-state index in [4.69, 9.17) is 16.0 Å². The largest absolute Gasteiger partial charge is 0.451 e. The molecule has 0 atom stereocenters. The van der Waals surface area contributed by atoms with Gasteiger partial charge in [-0.25, -0.2) is 4.98 Å². The number of aromatic nitrogens is 2. The summed E-state index contributed by atoms with van der Waals surface area (Å²) in [6.45, 7) is 2.86. The van der Waals surface area contributed by atoms with E-state index in [9.17, 15) is 4.79 Å². The van der Waals surface area contributed by atoms with E-state index in [1.807, 2.05) is 77.4 Å². The van der Waals surface area contributed by atoms with E-state index in [-0.39, 0.29) is 5.91 Å². The van der Waals surface area contributed by atoms with E-state index < -0.39 is 0 Å². The SMILES string of the molecule is CCCn1c(NC(=O)c2oc3ccccc3c2CSc2ccc(Cl)cc2)nc2ccccc21. The number of halogens is 1. The Bertz CT molecular complexity index is 1440. The van der Waals surface area contributed by atoms with Gasteiger partial charge in [-0.15, -0.1) is 11.8 Å². The van der Waals surface area contributed by atoms with Crippen molar-refractivity contribution in [2.24, 2.45) is 0 Å². The Hall–Kier alpha value is -3.22. The van der Waals surface area contributed by atoms with Gasteiger partial charge in [0.1, 0.15) is 5.58 Å². The van der Waals surface area contributed by atoms with Crippen LogP contribution in [-0.2, 0) is 12.3 Å². The third-order valence-electron chi connectivity index (χ3n) is 5.43. The van der Waals surface area contributed by atoms with Crippen molar-refractivity contribution in [3.05, 3.63) is 89.1 Å². The number of benzene rings is 3. The topological polar surface area (TPSA) is 60.1 Å². The van der Waals surface area contributed by atoms with E-state index in [2.05, 4.69) is 17.2 Å². The number of fused-ring (bicyclic) bond motifs is 2. The number of thioether (sulfide) groups is 1. The molecule has 1 amide bonds. The number of amides is 1. The highest BCUT2D eigenvalue weighted by molar-refractivity contribution is 7.98. The van der Waals surface area contributed by atoms with Crippen LogP contribution in [0.4, 0.5) is 5.95 Å². The minimum atomic E-state index is -0.300. The second kappa shape index (κ2) is 9.33. The van der Waals surface area contributed by atoms with E-state index in [0.29, 0.717) is 28.1 Å². The minimum Gasteiger partial charge on any atom is -0.451 e. The molecule has 0 fully saturated rings. The first-order valence-electron chi connectivity index (χ1n) is 10.8. The van der Waals surface area contributed by atoms with Crippen LogP contribution in [0.15, 0.2) is 82.1 Å². The zero-order valence-corrected chi connectivity index (χ0v) is 19.6. The molecule has 0 bridgehead atoms. The maximum atomic E-state index is 13.4. The highest BCUT2D eigenvalue weighted by Crippen LogP contribution is 2.33. The number of furan rings is 1. The molecule has 166 valence electrons. The molecule has 33 heavy (non-hydrogen) atoms. The van der Waals surface area contributed by atoms with Crippen molar-refractivity contribution in [2.75, 3.05) is 5.32 Å². The van der Waals surface area contributed by atoms with E-state index in [1.165, 1.54) is 0 Å². The van der Waals surface area contributed by atoms with Crippen LogP contribution in [0.3, 0.4) is 0 Å². The summed E-state index contributed by atoms with van der Waals surface area (Å²) in [5, 5.41) is 4.63. The van der Waals surface area contributed by atoms with Gasteiger partial charge in [0, 0.05) is 33.2 Å². The molecule has 0 saturated carbocycles. The van der Waals surface area contributed by atoms with Crippen LogP contribution in [0.2, 0.25) is 5.02 Å². The number of aryl methyl sites for hydroxylation is 1. The molecule has 0 spiro atoms. The van der Waals surface area contributed by atoms with Gasteiger partial charge in [-0.3, -0.25) is 10.1 Å². The van der Waals surface area contributed by atoms with Gasteiger partial charge in [-0.2, -0.15) is 0 Å². The lowest BCUT2D eigenvalue weighted by Crippen LogP contribution is -2.16. The lowest BCUT2D eigenvalue weighted by molar-refractivity contribution is 0.0996. The fourth-order valence-corrected chi connectivity index (χ4v) is 4.94. The van der Waals surface area contributed by atoms with Crippen molar-refractivity contribution >= 4 is 57.2 Å². The summed E-state index contributed by atoms with van der Waals surface area (Å²) in [5.74, 6) is 1.13. The third-order valence-corrected chi connectivity index (χ3v) is 6.72. The molecule has 5 rings (SSSR count). The molecule has 0 saturated heterocycles. The fourth-order valence-electron chi connectivity index (χ4n) is 3.89. The first kappa shape index (κ1) is 21.6. The van der Waals surface area contributed by atoms with E-state index >= 15 is 0 Å². The van der Waals surface area contributed by atoms with Crippen molar-refractivity contribution in [1.29, 1.82) is 0 Å². The molecule has 0 aliphatic carbocycles. The molecule has 2 heterocycles. The van der Waals surface area contributed by atoms with Gasteiger partial charge in [-0.1, -0.05) is 48.9 Å². The van der Waals surface area contributed by atoms with Crippen LogP contribution in [0.5, 0.6) is 0 Å². The Kier molecular flexibility index (Phi) is 6.11. The number of para-hydroxylation sites is 3. The zero-order chi connectivity index (χ0) is 22.8. The molecule has 0 radical (unpaired) electrons. The summed E-state index contributed by atoms with van der Waals surface area (Å²) in [5.41, 5.74) is 3.40. The van der Waals surface area contributed by atoms with E-state index in [0.717, 1.165) is 39.8 Å². The molecule has 1 N–H and O–H groups in total. The normalized spacial score (nSPS) is 11.3. The maximum absolute atomic E-state index is 13.4. The van der Waals surface area contributed by atoms with Gasteiger partial charge >= 0.3 is 0 Å². The van der Waals surface area contributed by atoms with Gasteiger partial charge in [0.05, 0.1) is 11.0 Å². The highest BCUT2D eigenvalue weighted by Gasteiger charge is 2.23. The Morgan fingerprint density at radius 2 is 1.82 bits per heavy atom. The lowest BCUT2D eigenvalue weighted by atomic mass is 10.1. The summed E-state index contributed by atoms with van der Waals surface area (Å²) in [7, 11) is 0. The number of nitrogens with zero attached hydrogens (tertiary/aromatic N) is 2. The Morgan fingerprint density at radius 3 is 2.64 bits per heavy atom. The molecule has 3 aromatic carbocycles. The second-order valence-corrected chi connectivity index (χ2v) is 9.16. The molecule has 5 nitrogen and oxygen atoms in total. The lowest BCUT2D eigenvalue weighted by Gasteiger charge is -2.09. The Balaban J connectivity index is 1.48. The zero-order valence-electron chi connectivity index (χ0n) is 18.0. The molecular formula is C26H22ClN3O2S. The molecule has 5 aromatic rings. The van der Waals surface area contributed by atoms with Crippen molar-refractivity contribution in [3.63, 3.8) is 0 Å². The maximum Gasteiger partial charge on any atom is 0.294 e. The average molecular weight is 476 g/mol. The second-order valence-electron chi connectivity index (χ2n) is 7.68. The summed E-state index contributed by atoms with van der Waals surface area (Å²) in [4.78, 5) is 19.1. The number of nitrogens with one attached hydrogen (secondary N) is 1. The van der Waals surface area contributed by atoms with Crippen LogP contribution >= 0.6 is 23.4 Å². The average Bonchev–Trinajstić information content (AvgIpc) is 3.37. The third kappa shape index (κ3) is 4.36. The first-order chi connectivity index (χ1) is 16.1. The van der Waals surface area contributed by atoms with Crippen LogP contribution in [0, 0.1) is 0 Å². The summed E-state index contributed by atoms with van der Waals surface area (Å²) in [6.07, 6.45) is 0.927. The van der Waals surface area contributed by atoms with Gasteiger partial charge < -0.3 is 8.98 Å². The summed E-state index contributed by atoms with van der Waals surface area (Å²) < 4.78 is 8.07. The van der Waals surface area contributed by atoms with Crippen LogP contribution in [0.1, 0.15) is 29.5 Å². The number of carbonyl (C=O) groups excluding carboxylic acids is 1. The molecule has 0 unspecified atom stereocenters. The fraction of sp³-hybridized carbons (Fsp3) is 0.154. The number of rotatable bonds is 7. The van der Waals surface area contributed by atoms with Crippen molar-refractivity contribution < 1.29 is 9.21 Å². The predicted octanol–water partition coefficient (Wildman–Crippen LogP) is 7.39. The standard InChI is InChI=1S/C26H22ClN3O2S/c1-2-15-30-22-9-5-4-8-21(22)28-26(30)29-25(31)24-20(19-7-3-6-10-23(19)32-24)16-33-18-13-11-17(27)12-14-18/h3-14H,2,15-16H2,1H3,(H,28,29,31). The number of anilines is 1. The van der Waals surface area contributed by atoms with Gasteiger partial charge in [-0.05, 0) is 48.9 Å². The molecule has 0 aliphatic heterocycles. The monoisotopic (exact) mass is 475 g/mol. The van der Waals surface area contributed by atoms with Gasteiger partial charge in [0.25, 0.3) is 5.91 Å². The van der Waals surface area contributed by atoms with Crippen molar-refractivity contribution in [1.82, 2.24) is 9.55 Å². The molecule has 7 heteroatoms. The number of imidazole rings is 1. The van der Waals surface area contributed by atoms with Crippen molar-refractivity contribution in [2.45, 2.75) is 30.5 Å². The van der Waals surface area contributed by atoms with E-state index in [1.54, 1.807) is 11.8 Å². The molecule has 2 aromatic heterocycles. The molecule has 0 aliphatic rings.